The molecule has 0 unspecified atom stereocenters. The number of nitrogens with zero attached hydrogens (tertiary/aromatic N) is 5. The average molecular weight is 214 g/mol. The highest BCUT2D eigenvalue weighted by atomic mass is 35.5. The van der Waals surface area contributed by atoms with Crippen LogP contribution in [0.5, 0.6) is 0 Å². The molecule has 2 rings (SSSR count). The summed E-state index contributed by atoms with van der Waals surface area (Å²) >= 11 is 5.91. The van der Waals surface area contributed by atoms with E-state index in [1.807, 2.05) is 0 Å². The lowest BCUT2D eigenvalue weighted by molar-refractivity contribution is 0.569. The summed E-state index contributed by atoms with van der Waals surface area (Å²) in [5.41, 5.74) is 0. The van der Waals surface area contributed by atoms with Gasteiger partial charge >= 0.3 is 0 Å². The summed E-state index contributed by atoms with van der Waals surface area (Å²) in [5, 5.41) is 6.87. The van der Waals surface area contributed by atoms with E-state index in [2.05, 4.69) is 28.9 Å². The highest BCUT2D eigenvalue weighted by Gasteiger charge is 2.10. The van der Waals surface area contributed by atoms with Gasteiger partial charge < -0.3 is 0 Å². The lowest BCUT2D eigenvalue weighted by Gasteiger charge is -2.19. The predicted octanol–water partition coefficient (Wildman–Crippen LogP) is 1.16. The van der Waals surface area contributed by atoms with Crippen LogP contribution in [0.2, 0.25) is 5.15 Å². The smallest absolute Gasteiger partial charge is 0.253 e. The van der Waals surface area contributed by atoms with Crippen LogP contribution in [0.15, 0.2) is 12.5 Å². The third-order valence-corrected chi connectivity index (χ3v) is 2.47. The van der Waals surface area contributed by atoms with E-state index in [0.29, 0.717) is 5.15 Å². The molecule has 0 bridgehead atoms. The molecule has 2 heterocycles. The second-order valence-corrected chi connectivity index (χ2v) is 3.30. The molecule has 6 heteroatoms. The van der Waals surface area contributed by atoms with Crippen molar-refractivity contribution in [2.45, 2.75) is 13.8 Å². The van der Waals surface area contributed by atoms with E-state index in [9.17, 15) is 0 Å². The minimum absolute atomic E-state index is 0.582. The fourth-order valence-electron chi connectivity index (χ4n) is 1.43. The monoisotopic (exact) mass is 213 g/mol. The van der Waals surface area contributed by atoms with Gasteiger partial charge in [-0.2, -0.15) is 0 Å². The van der Waals surface area contributed by atoms with Crippen LogP contribution in [0.4, 0.5) is 0 Å². The fraction of sp³-hybridized carbons (Fsp3) is 0.500. The summed E-state index contributed by atoms with van der Waals surface area (Å²) in [5.74, 6) is 0.749. The molecule has 0 radical (unpaired) electrons. The Bertz CT molecular complexity index is 428. The Labute approximate surface area is 86.9 Å². The first-order valence-corrected chi connectivity index (χ1v) is 4.97. The lowest BCUT2D eigenvalue weighted by atomic mass is 10.6. The lowest BCUT2D eigenvalue weighted by Crippen LogP contribution is -2.35. The third-order valence-electron chi connectivity index (χ3n) is 2.19. The van der Waals surface area contributed by atoms with Crippen molar-refractivity contribution >= 4 is 17.4 Å². The van der Waals surface area contributed by atoms with Crippen LogP contribution in [-0.2, 0) is 0 Å². The van der Waals surface area contributed by atoms with Crippen molar-refractivity contribution in [2.75, 3.05) is 18.1 Å². The molecule has 14 heavy (non-hydrogen) atoms. The molecule has 0 aliphatic heterocycles. The third kappa shape index (κ3) is 1.24. The van der Waals surface area contributed by atoms with Crippen LogP contribution in [0.3, 0.4) is 0 Å². The minimum Gasteiger partial charge on any atom is -0.294 e. The fourth-order valence-corrected chi connectivity index (χ4v) is 1.60. The number of rotatable bonds is 3. The van der Waals surface area contributed by atoms with Gasteiger partial charge in [0.05, 0.1) is 6.20 Å². The first-order valence-electron chi connectivity index (χ1n) is 4.59. The van der Waals surface area contributed by atoms with E-state index < -0.39 is 0 Å². The number of halogens is 1. The molecule has 0 aliphatic carbocycles. The van der Waals surface area contributed by atoms with Crippen molar-refractivity contribution in [3.63, 3.8) is 0 Å². The Morgan fingerprint density at radius 2 is 2.14 bits per heavy atom. The average Bonchev–Trinajstić information content (AvgIpc) is 2.74. The van der Waals surface area contributed by atoms with E-state index >= 15 is 0 Å². The van der Waals surface area contributed by atoms with Gasteiger partial charge in [-0.3, -0.25) is 9.41 Å². The standard InChI is InChI=1S/C8H12ClN5/c1-3-12(4-2)14-8-10-5-7(9)13(8)6-11-14/h5-6H,3-4H2,1-2H3. The van der Waals surface area contributed by atoms with Gasteiger partial charge in [0.2, 0.25) is 0 Å². The number of imidazole rings is 1. The van der Waals surface area contributed by atoms with E-state index in [4.69, 9.17) is 11.6 Å². The second kappa shape index (κ2) is 3.49. The summed E-state index contributed by atoms with van der Waals surface area (Å²) in [7, 11) is 0. The van der Waals surface area contributed by atoms with Crippen LogP contribution in [-0.4, -0.2) is 32.4 Å². The van der Waals surface area contributed by atoms with Crippen molar-refractivity contribution in [2.24, 2.45) is 0 Å². The largest absolute Gasteiger partial charge is 0.294 e. The van der Waals surface area contributed by atoms with E-state index in [1.54, 1.807) is 21.7 Å². The Morgan fingerprint density at radius 1 is 1.43 bits per heavy atom. The van der Waals surface area contributed by atoms with Crippen LogP contribution >= 0.6 is 11.6 Å². The normalized spacial score (nSPS) is 11.1. The maximum Gasteiger partial charge on any atom is 0.253 e. The number of aromatic nitrogens is 4. The van der Waals surface area contributed by atoms with Crippen molar-refractivity contribution < 1.29 is 0 Å². The summed E-state index contributed by atoms with van der Waals surface area (Å²) in [6, 6.07) is 0. The molecular formula is C8H12ClN5. The Kier molecular flexibility index (Phi) is 2.33. The minimum atomic E-state index is 0.582. The van der Waals surface area contributed by atoms with Crippen molar-refractivity contribution in [3.05, 3.63) is 17.7 Å². The quantitative estimate of drug-likeness (QED) is 0.768. The van der Waals surface area contributed by atoms with Gasteiger partial charge in [-0.05, 0) is 13.8 Å². The molecule has 5 nitrogen and oxygen atoms in total. The highest BCUT2D eigenvalue weighted by Crippen LogP contribution is 2.11. The molecule has 0 amide bonds. The first kappa shape index (κ1) is 9.33. The van der Waals surface area contributed by atoms with Gasteiger partial charge in [0.1, 0.15) is 11.5 Å². The maximum atomic E-state index is 5.91. The van der Waals surface area contributed by atoms with Crippen molar-refractivity contribution in [3.8, 4) is 0 Å². The Hall–Kier alpha value is -1.23. The van der Waals surface area contributed by atoms with Crippen molar-refractivity contribution in [1.82, 2.24) is 19.3 Å². The zero-order valence-electron chi connectivity index (χ0n) is 8.18. The summed E-state index contributed by atoms with van der Waals surface area (Å²) < 4.78 is 1.75. The summed E-state index contributed by atoms with van der Waals surface area (Å²) in [6.45, 7) is 5.93. The maximum absolute atomic E-state index is 5.91. The molecule has 0 fully saturated rings. The topological polar surface area (TPSA) is 38.4 Å². The number of fused-ring (bicyclic) bond motifs is 1. The Morgan fingerprint density at radius 3 is 2.79 bits per heavy atom. The van der Waals surface area contributed by atoms with Gasteiger partial charge in [-0.25, -0.2) is 4.98 Å². The second-order valence-electron chi connectivity index (χ2n) is 2.91. The van der Waals surface area contributed by atoms with Gasteiger partial charge in [0, 0.05) is 13.1 Å². The zero-order chi connectivity index (χ0) is 10.1. The molecule has 0 saturated heterocycles. The van der Waals surface area contributed by atoms with E-state index in [0.717, 1.165) is 18.9 Å². The Balaban J connectivity index is 2.51. The zero-order valence-corrected chi connectivity index (χ0v) is 8.94. The molecule has 0 N–H and O–H groups in total. The highest BCUT2D eigenvalue weighted by molar-refractivity contribution is 6.29. The van der Waals surface area contributed by atoms with Gasteiger partial charge in [-0.15, -0.1) is 9.89 Å². The molecule has 0 spiro atoms. The molecule has 0 atom stereocenters. The number of hydrogen-bond donors (Lipinski definition) is 0. The molecule has 0 aromatic carbocycles. The van der Waals surface area contributed by atoms with E-state index in [-0.39, 0.29) is 0 Å². The first-order chi connectivity index (χ1) is 6.77. The van der Waals surface area contributed by atoms with Gasteiger partial charge in [0.15, 0.2) is 0 Å². The van der Waals surface area contributed by atoms with Crippen LogP contribution in [0.1, 0.15) is 13.8 Å². The van der Waals surface area contributed by atoms with Gasteiger partial charge in [-0.1, -0.05) is 11.6 Å². The molecule has 2 aromatic rings. The van der Waals surface area contributed by atoms with Crippen molar-refractivity contribution in [1.29, 1.82) is 0 Å². The van der Waals surface area contributed by atoms with Crippen LogP contribution in [0, 0.1) is 0 Å². The van der Waals surface area contributed by atoms with Crippen LogP contribution in [0.25, 0.3) is 5.78 Å². The number of hydrogen-bond acceptors (Lipinski definition) is 3. The molecule has 0 saturated carbocycles. The summed E-state index contributed by atoms with van der Waals surface area (Å²) in [6.07, 6.45) is 3.29. The van der Waals surface area contributed by atoms with Gasteiger partial charge in [0.25, 0.3) is 5.78 Å². The molecule has 0 aliphatic rings. The summed E-state index contributed by atoms with van der Waals surface area (Å²) in [4.78, 5) is 5.95. The predicted molar refractivity (Wildman–Crippen MR) is 55.3 cm³/mol. The van der Waals surface area contributed by atoms with E-state index in [1.165, 1.54) is 0 Å². The molecular weight excluding hydrogens is 202 g/mol. The SMILES string of the molecule is CCN(CC)n1ncn2c(Cl)cnc12. The molecule has 76 valence electrons. The molecule has 2 aromatic heterocycles. The van der Waals surface area contributed by atoms with Crippen LogP contribution < -0.4 is 5.01 Å².